The summed E-state index contributed by atoms with van der Waals surface area (Å²) in [6.07, 6.45) is 4.17. The summed E-state index contributed by atoms with van der Waals surface area (Å²) in [5.74, 6) is -4.89. The van der Waals surface area contributed by atoms with Gasteiger partial charge < -0.3 is 9.80 Å². The lowest BCUT2D eigenvalue weighted by Gasteiger charge is -2.38. The molecule has 3 heterocycles. The van der Waals surface area contributed by atoms with Crippen molar-refractivity contribution in [2.45, 2.75) is 72.3 Å². The van der Waals surface area contributed by atoms with Crippen LogP contribution in [0, 0.1) is 19.8 Å². The molecule has 11 heteroatoms. The fourth-order valence-electron chi connectivity index (χ4n) is 5.91. The number of hydrazone groups is 1. The molecule has 1 atom stereocenters. The number of amides is 2. The van der Waals surface area contributed by atoms with Gasteiger partial charge in [-0.1, -0.05) is 43.3 Å². The number of carbonyl (C=O) groups is 2. The van der Waals surface area contributed by atoms with E-state index in [1.54, 1.807) is 6.20 Å². The highest BCUT2D eigenvalue weighted by atomic mass is 19.3. The van der Waals surface area contributed by atoms with Gasteiger partial charge in [-0.15, -0.1) is 5.10 Å². The summed E-state index contributed by atoms with van der Waals surface area (Å²) in [4.78, 5) is 29.5. The standard InChI is InChI=1S/C33H41F2N7O2/c1-5-16-39(17-6-2)27-11-9-25(10-12-27)29-21-41(38-36-29)20-26-15-18-40(22-33(26,34)35)32(44)28-13-14-31(43)42(37-28)30-19-23(3)7-8-24(30)4/h7-12,19,21,26H,5-6,13-18,20,22H2,1-4H3. The summed E-state index contributed by atoms with van der Waals surface area (Å²) in [5, 5.41) is 14.0. The Hall–Kier alpha value is -4.15. The molecule has 2 amide bonds. The van der Waals surface area contributed by atoms with Gasteiger partial charge in [-0.05, 0) is 62.4 Å². The zero-order valence-corrected chi connectivity index (χ0v) is 26.0. The van der Waals surface area contributed by atoms with E-state index < -0.39 is 24.3 Å². The van der Waals surface area contributed by atoms with E-state index in [0.717, 1.165) is 48.3 Å². The van der Waals surface area contributed by atoms with E-state index >= 15 is 8.78 Å². The van der Waals surface area contributed by atoms with E-state index in [2.05, 4.69) is 46.3 Å². The van der Waals surface area contributed by atoms with Gasteiger partial charge in [-0.2, -0.15) is 5.10 Å². The Bertz CT molecular complexity index is 1510. The fourth-order valence-corrected chi connectivity index (χ4v) is 5.91. The highest BCUT2D eigenvalue weighted by Crippen LogP contribution is 2.35. The molecule has 0 bridgehead atoms. The molecule has 44 heavy (non-hydrogen) atoms. The minimum absolute atomic E-state index is 0.00322. The van der Waals surface area contributed by atoms with Crippen molar-refractivity contribution < 1.29 is 18.4 Å². The van der Waals surface area contributed by atoms with Gasteiger partial charge in [-0.3, -0.25) is 14.3 Å². The van der Waals surface area contributed by atoms with Crippen LogP contribution in [-0.2, 0) is 16.1 Å². The quantitative estimate of drug-likeness (QED) is 0.289. The van der Waals surface area contributed by atoms with Crippen LogP contribution in [0.5, 0.6) is 0 Å². The maximum Gasteiger partial charge on any atom is 0.270 e. The molecule has 0 spiro atoms. The topological polar surface area (TPSA) is 86.9 Å². The van der Waals surface area contributed by atoms with Crippen LogP contribution in [-0.4, -0.2) is 69.5 Å². The van der Waals surface area contributed by atoms with Gasteiger partial charge >= 0.3 is 0 Å². The molecule has 3 aromatic rings. The molecular formula is C33H41F2N7O2. The smallest absolute Gasteiger partial charge is 0.270 e. The summed E-state index contributed by atoms with van der Waals surface area (Å²) in [5.41, 5.74) is 5.17. The number of hydrogen-bond donors (Lipinski definition) is 0. The van der Waals surface area contributed by atoms with Gasteiger partial charge in [0.15, 0.2) is 0 Å². The number of halogens is 2. The van der Waals surface area contributed by atoms with Crippen LogP contribution in [0.4, 0.5) is 20.2 Å². The number of rotatable bonds is 10. The largest absolute Gasteiger partial charge is 0.372 e. The number of aryl methyl sites for hydroxylation is 2. The molecule has 9 nitrogen and oxygen atoms in total. The van der Waals surface area contributed by atoms with Gasteiger partial charge in [0, 0.05) is 49.6 Å². The molecule has 2 aliphatic heterocycles. The van der Waals surface area contributed by atoms with Crippen molar-refractivity contribution in [3.63, 3.8) is 0 Å². The molecule has 1 saturated heterocycles. The third kappa shape index (κ3) is 6.81. The lowest BCUT2D eigenvalue weighted by atomic mass is 9.92. The lowest BCUT2D eigenvalue weighted by molar-refractivity contribution is -0.146. The van der Waals surface area contributed by atoms with Gasteiger partial charge in [0.2, 0.25) is 5.91 Å². The van der Waals surface area contributed by atoms with Crippen molar-refractivity contribution in [2.75, 3.05) is 36.1 Å². The maximum atomic E-state index is 15.4. The summed E-state index contributed by atoms with van der Waals surface area (Å²) in [7, 11) is 0. The van der Waals surface area contributed by atoms with E-state index in [-0.39, 0.29) is 44.0 Å². The van der Waals surface area contributed by atoms with Gasteiger partial charge in [0.25, 0.3) is 11.8 Å². The van der Waals surface area contributed by atoms with Gasteiger partial charge in [0.1, 0.15) is 11.4 Å². The highest BCUT2D eigenvalue weighted by molar-refractivity contribution is 6.40. The second-order valence-electron chi connectivity index (χ2n) is 11.9. The Kier molecular flexibility index (Phi) is 9.41. The Morgan fingerprint density at radius 2 is 1.77 bits per heavy atom. The Labute approximate surface area is 257 Å². The molecule has 1 unspecified atom stereocenters. The Balaban J connectivity index is 1.23. The SMILES string of the molecule is CCCN(CCC)c1ccc(-c2cn(CC3CCN(C(=O)C4=NN(c5cc(C)ccc5C)C(=O)CC4)CC3(F)F)nn2)cc1. The zero-order chi connectivity index (χ0) is 31.4. The highest BCUT2D eigenvalue weighted by Gasteiger charge is 2.47. The third-order valence-corrected chi connectivity index (χ3v) is 8.37. The molecule has 0 N–H and O–H groups in total. The van der Waals surface area contributed by atoms with Crippen LogP contribution in [0.25, 0.3) is 11.3 Å². The van der Waals surface area contributed by atoms with E-state index in [0.29, 0.717) is 11.4 Å². The number of hydrogen-bond acceptors (Lipinski definition) is 6. The van der Waals surface area contributed by atoms with Crippen molar-refractivity contribution in [3.05, 3.63) is 59.8 Å². The van der Waals surface area contributed by atoms with Crippen LogP contribution in [0.15, 0.2) is 53.8 Å². The summed E-state index contributed by atoms with van der Waals surface area (Å²) in [6, 6.07) is 13.8. The molecule has 1 aromatic heterocycles. The first-order valence-corrected chi connectivity index (χ1v) is 15.5. The molecule has 5 rings (SSSR count). The number of nitrogens with zero attached hydrogens (tertiary/aromatic N) is 7. The Morgan fingerprint density at radius 3 is 2.45 bits per heavy atom. The number of anilines is 2. The Morgan fingerprint density at radius 1 is 1.05 bits per heavy atom. The van der Waals surface area contributed by atoms with E-state index in [9.17, 15) is 9.59 Å². The number of benzene rings is 2. The monoisotopic (exact) mass is 605 g/mol. The van der Waals surface area contributed by atoms with E-state index in [1.165, 1.54) is 14.6 Å². The lowest BCUT2D eigenvalue weighted by Crippen LogP contribution is -2.54. The first-order chi connectivity index (χ1) is 21.1. The summed E-state index contributed by atoms with van der Waals surface area (Å²) < 4.78 is 32.4. The third-order valence-electron chi connectivity index (χ3n) is 8.37. The van der Waals surface area contributed by atoms with Crippen molar-refractivity contribution in [2.24, 2.45) is 11.0 Å². The van der Waals surface area contributed by atoms with E-state index in [1.807, 2.05) is 44.2 Å². The van der Waals surface area contributed by atoms with Gasteiger partial charge in [0.05, 0.1) is 25.0 Å². The van der Waals surface area contributed by atoms with Crippen LogP contribution in [0.3, 0.4) is 0 Å². The minimum atomic E-state index is -3.12. The molecule has 2 aliphatic rings. The molecule has 1 fully saturated rings. The normalized spacial score (nSPS) is 18.4. The van der Waals surface area contributed by atoms with Crippen molar-refractivity contribution in [3.8, 4) is 11.3 Å². The first-order valence-electron chi connectivity index (χ1n) is 15.5. The van der Waals surface area contributed by atoms with Crippen molar-refractivity contribution >= 4 is 28.9 Å². The molecule has 234 valence electrons. The first kappa shape index (κ1) is 31.3. The van der Waals surface area contributed by atoms with E-state index in [4.69, 9.17) is 0 Å². The van der Waals surface area contributed by atoms with Crippen molar-refractivity contribution in [1.29, 1.82) is 0 Å². The van der Waals surface area contributed by atoms with Crippen LogP contribution in [0.1, 0.15) is 57.1 Å². The van der Waals surface area contributed by atoms with Crippen LogP contribution < -0.4 is 9.91 Å². The predicted octanol–water partition coefficient (Wildman–Crippen LogP) is 5.86. The molecular weight excluding hydrogens is 564 g/mol. The van der Waals surface area contributed by atoms with Gasteiger partial charge in [-0.25, -0.2) is 13.8 Å². The fraction of sp³-hybridized carbons (Fsp3) is 0.485. The second-order valence-corrected chi connectivity index (χ2v) is 11.9. The summed E-state index contributed by atoms with van der Waals surface area (Å²) >= 11 is 0. The average Bonchev–Trinajstić information content (AvgIpc) is 3.48. The van der Waals surface area contributed by atoms with Crippen molar-refractivity contribution in [1.82, 2.24) is 19.9 Å². The number of aromatic nitrogens is 3. The molecule has 0 saturated carbocycles. The summed E-state index contributed by atoms with van der Waals surface area (Å²) in [6.45, 7) is 9.53. The predicted molar refractivity (Wildman–Crippen MR) is 168 cm³/mol. The number of carbonyl (C=O) groups excluding carboxylic acids is 2. The maximum absolute atomic E-state index is 15.4. The number of piperidine rings is 1. The second kappa shape index (κ2) is 13.2. The zero-order valence-electron chi connectivity index (χ0n) is 26.0. The van der Waals surface area contributed by atoms with Crippen LogP contribution in [0.2, 0.25) is 0 Å². The molecule has 2 aromatic carbocycles. The molecule has 0 radical (unpaired) electrons. The number of likely N-dealkylation sites (tertiary alicyclic amines) is 1. The number of alkyl halides is 2. The average molecular weight is 606 g/mol. The molecule has 0 aliphatic carbocycles. The minimum Gasteiger partial charge on any atom is -0.372 e. The van der Waals surface area contributed by atoms with Crippen LogP contribution >= 0.6 is 0 Å².